The van der Waals surface area contributed by atoms with Gasteiger partial charge in [-0.1, -0.05) is 23.7 Å². The van der Waals surface area contributed by atoms with Gasteiger partial charge in [0.1, 0.15) is 18.1 Å². The Balaban J connectivity index is 1.49. The zero-order chi connectivity index (χ0) is 26.8. The van der Waals surface area contributed by atoms with Crippen LogP contribution >= 0.6 is 39.7 Å². The van der Waals surface area contributed by atoms with Crippen molar-refractivity contribution in [3.05, 3.63) is 81.8 Å². The Hall–Kier alpha value is -3.18. The second-order valence-corrected chi connectivity index (χ2v) is 9.32. The van der Waals surface area contributed by atoms with Crippen LogP contribution in [0.5, 0.6) is 11.5 Å². The van der Waals surface area contributed by atoms with E-state index in [1.807, 2.05) is 0 Å². The van der Waals surface area contributed by atoms with Gasteiger partial charge in [0, 0.05) is 24.0 Å². The molecule has 0 aromatic heterocycles. The lowest BCUT2D eigenvalue weighted by Gasteiger charge is -2.16. The summed E-state index contributed by atoms with van der Waals surface area (Å²) in [6.07, 6.45) is -0.758. The fraction of sp³-hybridized carbons (Fsp3) is 0.192. The topological polar surface area (TPSA) is 97.9 Å². The zero-order valence-electron chi connectivity index (χ0n) is 20.0. The monoisotopic (exact) mass is 605 g/mol. The molecule has 0 fully saturated rings. The third-order valence-electron chi connectivity index (χ3n) is 4.89. The molecule has 0 bridgehead atoms. The van der Waals surface area contributed by atoms with E-state index < -0.39 is 6.10 Å². The molecule has 1 unspecified atom stereocenters. The Labute approximate surface area is 233 Å². The van der Waals surface area contributed by atoms with E-state index in [9.17, 15) is 9.59 Å². The van der Waals surface area contributed by atoms with Gasteiger partial charge in [-0.3, -0.25) is 14.9 Å². The maximum absolute atomic E-state index is 12.6. The van der Waals surface area contributed by atoms with Crippen LogP contribution in [0.15, 0.2) is 71.2 Å². The van der Waals surface area contributed by atoms with Gasteiger partial charge in [-0.15, -0.1) is 0 Å². The van der Waals surface area contributed by atoms with E-state index in [1.165, 1.54) is 0 Å². The van der Waals surface area contributed by atoms with Gasteiger partial charge in [-0.05, 0) is 89.7 Å². The highest BCUT2D eigenvalue weighted by Crippen LogP contribution is 2.26. The van der Waals surface area contributed by atoms with Gasteiger partial charge in [-0.25, -0.2) is 0 Å². The van der Waals surface area contributed by atoms with Crippen molar-refractivity contribution in [2.24, 2.45) is 0 Å². The number of halogens is 2. The zero-order valence-corrected chi connectivity index (χ0v) is 23.2. The van der Waals surface area contributed by atoms with Crippen molar-refractivity contribution in [1.29, 1.82) is 0 Å². The number of carbonyl (C=O) groups excluding carboxylic acids is 2. The number of rotatable bonds is 10. The molecule has 0 spiro atoms. The molecule has 3 aromatic carbocycles. The fourth-order valence-electron chi connectivity index (χ4n) is 3.00. The predicted octanol–water partition coefficient (Wildman–Crippen LogP) is 5.66. The smallest absolute Gasteiger partial charge is 0.265 e. The number of hydrogen-bond donors (Lipinski definition) is 3. The Kier molecular flexibility index (Phi) is 10.7. The average molecular weight is 607 g/mol. The molecule has 194 valence electrons. The second kappa shape index (κ2) is 13.9. The third kappa shape index (κ3) is 8.71. The lowest BCUT2D eigenvalue weighted by molar-refractivity contribution is -0.122. The highest BCUT2D eigenvalue weighted by atomic mass is 79.9. The number of benzene rings is 3. The van der Waals surface area contributed by atoms with Crippen molar-refractivity contribution in [2.45, 2.75) is 13.0 Å². The van der Waals surface area contributed by atoms with Crippen LogP contribution in [0, 0.1) is 0 Å². The van der Waals surface area contributed by atoms with Crippen molar-refractivity contribution in [2.75, 3.05) is 31.0 Å². The van der Waals surface area contributed by atoms with Crippen molar-refractivity contribution >= 4 is 68.1 Å². The summed E-state index contributed by atoms with van der Waals surface area (Å²) < 4.78 is 16.8. The third-order valence-corrected chi connectivity index (χ3v) is 6.02. The maximum Gasteiger partial charge on any atom is 0.265 e. The van der Waals surface area contributed by atoms with E-state index in [4.69, 9.17) is 38.0 Å². The van der Waals surface area contributed by atoms with Crippen LogP contribution in [-0.2, 0) is 9.53 Å². The minimum atomic E-state index is -0.758. The molecular weight excluding hydrogens is 582 g/mol. The van der Waals surface area contributed by atoms with E-state index in [2.05, 4.69) is 31.9 Å². The minimum absolute atomic E-state index is 0.125. The van der Waals surface area contributed by atoms with Gasteiger partial charge < -0.3 is 24.8 Å². The maximum atomic E-state index is 12.6. The number of carbonyl (C=O) groups is 2. The first kappa shape index (κ1) is 28.4. The molecule has 2 amide bonds. The Bertz CT molecular complexity index is 1260. The van der Waals surface area contributed by atoms with Crippen molar-refractivity contribution < 1.29 is 23.8 Å². The van der Waals surface area contributed by atoms with E-state index >= 15 is 0 Å². The molecule has 3 aromatic rings. The molecule has 0 heterocycles. The summed E-state index contributed by atoms with van der Waals surface area (Å²) in [5, 5.41) is 8.91. The highest BCUT2D eigenvalue weighted by molar-refractivity contribution is 9.10. The molecule has 0 aliphatic rings. The number of methoxy groups -OCH3 is 1. The van der Waals surface area contributed by atoms with Crippen molar-refractivity contribution in [3.63, 3.8) is 0 Å². The molecule has 0 radical (unpaired) electrons. The van der Waals surface area contributed by atoms with Gasteiger partial charge >= 0.3 is 0 Å². The lowest BCUT2D eigenvalue weighted by Crippen LogP contribution is -2.34. The first-order chi connectivity index (χ1) is 17.8. The molecule has 3 N–H and O–H groups in total. The summed E-state index contributed by atoms with van der Waals surface area (Å²) in [6.45, 7) is 2.49. The molecular formula is C26H25BrClN3O5S. The fourth-order valence-corrected chi connectivity index (χ4v) is 3.88. The number of thiocarbonyl (C=S) groups is 1. The van der Waals surface area contributed by atoms with Crippen LogP contribution < -0.4 is 25.4 Å². The molecule has 0 saturated heterocycles. The Morgan fingerprint density at radius 1 is 0.973 bits per heavy atom. The van der Waals surface area contributed by atoms with Gasteiger partial charge in [0.05, 0.1) is 16.1 Å². The van der Waals surface area contributed by atoms with Gasteiger partial charge in [0.15, 0.2) is 11.2 Å². The average Bonchev–Trinajstić information content (AvgIpc) is 2.87. The Morgan fingerprint density at radius 3 is 2.30 bits per heavy atom. The van der Waals surface area contributed by atoms with Crippen molar-refractivity contribution in [1.82, 2.24) is 5.32 Å². The van der Waals surface area contributed by atoms with Crippen LogP contribution in [0.3, 0.4) is 0 Å². The summed E-state index contributed by atoms with van der Waals surface area (Å²) in [4.78, 5) is 25.1. The normalized spacial score (nSPS) is 11.2. The SMILES string of the molecule is COCCOc1ccc(C(=O)NC(=S)Nc2ccc(NC(=O)C(C)Oc3ccccc3Cl)cc2)cc1Br. The number of para-hydroxylation sites is 1. The first-order valence-electron chi connectivity index (χ1n) is 11.1. The summed E-state index contributed by atoms with van der Waals surface area (Å²) in [5.41, 5.74) is 1.60. The summed E-state index contributed by atoms with van der Waals surface area (Å²) >= 11 is 14.7. The largest absolute Gasteiger partial charge is 0.490 e. The van der Waals surface area contributed by atoms with Gasteiger partial charge in [0.25, 0.3) is 11.8 Å². The van der Waals surface area contributed by atoms with E-state index in [0.29, 0.717) is 51.1 Å². The van der Waals surface area contributed by atoms with Crippen LogP contribution in [-0.4, -0.2) is 43.4 Å². The standard InChI is InChI=1S/C26H25BrClN3O5S/c1-16(36-23-6-4-3-5-21(23)28)24(32)29-18-8-10-19(11-9-18)30-26(37)31-25(33)17-7-12-22(20(27)15-17)35-14-13-34-2/h3-12,15-16H,13-14H2,1-2H3,(H,29,32)(H2,30,31,33,37). The second-order valence-electron chi connectivity index (χ2n) is 7.65. The molecule has 0 aliphatic heterocycles. The minimum Gasteiger partial charge on any atom is -0.490 e. The molecule has 0 saturated carbocycles. The number of anilines is 2. The molecule has 0 aliphatic carbocycles. The van der Waals surface area contributed by atoms with E-state index in [1.54, 1.807) is 80.8 Å². The number of amides is 2. The van der Waals surface area contributed by atoms with Crippen LogP contribution in [0.4, 0.5) is 11.4 Å². The predicted molar refractivity (Wildman–Crippen MR) is 152 cm³/mol. The van der Waals surface area contributed by atoms with E-state index in [0.717, 1.165) is 0 Å². The number of nitrogens with one attached hydrogen (secondary N) is 3. The Morgan fingerprint density at radius 2 is 1.65 bits per heavy atom. The molecule has 3 rings (SSSR count). The molecule has 37 heavy (non-hydrogen) atoms. The molecule has 11 heteroatoms. The number of hydrogen-bond acceptors (Lipinski definition) is 6. The summed E-state index contributed by atoms with van der Waals surface area (Å²) in [6, 6.07) is 18.8. The first-order valence-corrected chi connectivity index (χ1v) is 12.7. The van der Waals surface area contributed by atoms with Gasteiger partial charge in [0.2, 0.25) is 0 Å². The van der Waals surface area contributed by atoms with Gasteiger partial charge in [-0.2, -0.15) is 0 Å². The number of ether oxygens (including phenoxy) is 3. The molecule has 8 nitrogen and oxygen atoms in total. The van der Waals surface area contributed by atoms with Crippen LogP contribution in [0.25, 0.3) is 0 Å². The lowest BCUT2D eigenvalue weighted by atomic mass is 10.2. The summed E-state index contributed by atoms with van der Waals surface area (Å²) in [5.74, 6) is 0.328. The summed E-state index contributed by atoms with van der Waals surface area (Å²) in [7, 11) is 1.59. The van der Waals surface area contributed by atoms with Crippen LogP contribution in [0.1, 0.15) is 17.3 Å². The quantitative estimate of drug-likeness (QED) is 0.202. The van der Waals surface area contributed by atoms with Crippen LogP contribution in [0.2, 0.25) is 5.02 Å². The highest BCUT2D eigenvalue weighted by Gasteiger charge is 2.16. The van der Waals surface area contributed by atoms with E-state index in [-0.39, 0.29) is 16.9 Å². The van der Waals surface area contributed by atoms with Crippen molar-refractivity contribution in [3.8, 4) is 11.5 Å². The molecule has 1 atom stereocenters.